The molecule has 1 fully saturated rings. The maximum Gasteiger partial charge on any atom is 0.416 e. The number of benzene rings is 1. The van der Waals surface area contributed by atoms with Gasteiger partial charge in [-0.2, -0.15) is 13.2 Å². The largest absolute Gasteiger partial charge is 0.416 e. The van der Waals surface area contributed by atoms with Gasteiger partial charge in [-0.25, -0.2) is 0 Å². The Morgan fingerprint density at radius 1 is 1.31 bits per heavy atom. The fourth-order valence-corrected chi connectivity index (χ4v) is 1.90. The zero-order valence-electron chi connectivity index (χ0n) is 8.42. The summed E-state index contributed by atoms with van der Waals surface area (Å²) in [6, 6.07) is 5.21. The van der Waals surface area contributed by atoms with Crippen LogP contribution in [0.4, 0.5) is 13.2 Å². The van der Waals surface area contributed by atoms with Crippen LogP contribution in [0.25, 0.3) is 0 Å². The van der Waals surface area contributed by atoms with E-state index in [2.05, 4.69) is 0 Å². The van der Waals surface area contributed by atoms with E-state index in [4.69, 9.17) is 4.74 Å². The molecule has 1 heterocycles. The molecule has 0 amide bonds. The molecule has 1 N–H and O–H groups in total. The average Bonchev–Trinajstić information content (AvgIpc) is 2.16. The summed E-state index contributed by atoms with van der Waals surface area (Å²) < 4.78 is 43.4. The highest BCUT2D eigenvalue weighted by Gasteiger charge is 2.45. The lowest BCUT2D eigenvalue weighted by molar-refractivity contribution is -0.185. The number of ether oxygens (including phenoxy) is 1. The van der Waals surface area contributed by atoms with Crippen LogP contribution in [0.5, 0.6) is 0 Å². The van der Waals surface area contributed by atoms with Crippen LogP contribution in [-0.2, 0) is 16.5 Å². The molecule has 0 radical (unpaired) electrons. The van der Waals surface area contributed by atoms with E-state index in [-0.39, 0.29) is 5.56 Å². The molecule has 1 aliphatic heterocycles. The second-order valence-corrected chi connectivity index (χ2v) is 3.79. The Kier molecular flexibility index (Phi) is 2.67. The van der Waals surface area contributed by atoms with Crippen LogP contribution >= 0.6 is 0 Å². The highest BCUT2D eigenvalue weighted by molar-refractivity contribution is 5.36. The highest BCUT2D eigenvalue weighted by atomic mass is 19.4. The third-order valence-corrected chi connectivity index (χ3v) is 2.86. The van der Waals surface area contributed by atoms with Crippen molar-refractivity contribution in [3.8, 4) is 0 Å². The van der Waals surface area contributed by atoms with Crippen LogP contribution in [0, 0.1) is 0 Å². The summed E-state index contributed by atoms with van der Waals surface area (Å²) in [6.07, 6.45) is -4.01. The first-order valence-corrected chi connectivity index (χ1v) is 4.91. The lowest BCUT2D eigenvalue weighted by Crippen LogP contribution is -2.45. The number of alkyl halides is 3. The molecule has 0 aromatic heterocycles. The summed E-state index contributed by atoms with van der Waals surface area (Å²) in [4.78, 5) is 0. The van der Waals surface area contributed by atoms with E-state index in [1.54, 1.807) is 0 Å². The van der Waals surface area contributed by atoms with Crippen LogP contribution in [-0.4, -0.2) is 18.3 Å². The van der Waals surface area contributed by atoms with Crippen LogP contribution in [0.2, 0.25) is 0 Å². The highest BCUT2D eigenvalue weighted by Crippen LogP contribution is 2.43. The van der Waals surface area contributed by atoms with Crippen molar-refractivity contribution in [2.24, 2.45) is 0 Å². The second kappa shape index (κ2) is 3.75. The number of hydrogen-bond donors (Lipinski definition) is 1. The van der Waals surface area contributed by atoms with Gasteiger partial charge in [-0.05, 0) is 11.6 Å². The molecule has 2 nitrogen and oxygen atoms in total. The Bertz CT molecular complexity index is 378. The molecule has 0 bridgehead atoms. The van der Waals surface area contributed by atoms with Gasteiger partial charge in [-0.3, -0.25) is 0 Å². The number of aliphatic hydroxyl groups is 1. The van der Waals surface area contributed by atoms with Crippen LogP contribution in [0.3, 0.4) is 0 Å². The quantitative estimate of drug-likeness (QED) is 0.847. The minimum absolute atomic E-state index is 0.0243. The Morgan fingerprint density at radius 3 is 2.38 bits per heavy atom. The van der Waals surface area contributed by atoms with Gasteiger partial charge in [-0.1, -0.05) is 18.2 Å². The van der Waals surface area contributed by atoms with E-state index < -0.39 is 23.9 Å². The fraction of sp³-hybridized carbons (Fsp3) is 0.455. The number of halogens is 3. The zero-order valence-corrected chi connectivity index (χ0v) is 8.42. The molecule has 0 aliphatic carbocycles. The number of hydrogen-bond acceptors (Lipinski definition) is 2. The van der Waals surface area contributed by atoms with Crippen molar-refractivity contribution in [1.29, 1.82) is 0 Å². The van der Waals surface area contributed by atoms with Gasteiger partial charge in [0.25, 0.3) is 0 Å². The monoisotopic (exact) mass is 232 g/mol. The normalized spacial score (nSPS) is 25.2. The van der Waals surface area contributed by atoms with Gasteiger partial charge in [0.05, 0.1) is 18.8 Å². The molecular formula is C11H11F3O2. The van der Waals surface area contributed by atoms with Crippen LogP contribution in [0.1, 0.15) is 17.5 Å². The third kappa shape index (κ3) is 1.70. The smallest absolute Gasteiger partial charge is 0.393 e. The summed E-state index contributed by atoms with van der Waals surface area (Å²) >= 11 is 0. The Labute approximate surface area is 90.7 Å². The SMILES string of the molecule is OCC1(c2ccccc2C(F)(F)F)CCO1. The Morgan fingerprint density at radius 2 is 1.94 bits per heavy atom. The first-order valence-electron chi connectivity index (χ1n) is 4.91. The summed E-state index contributed by atoms with van der Waals surface area (Å²) in [5, 5.41) is 9.19. The van der Waals surface area contributed by atoms with E-state index in [1.807, 2.05) is 0 Å². The van der Waals surface area contributed by atoms with E-state index in [0.717, 1.165) is 6.07 Å². The summed E-state index contributed by atoms with van der Waals surface area (Å²) in [7, 11) is 0. The van der Waals surface area contributed by atoms with E-state index in [0.29, 0.717) is 13.0 Å². The number of aliphatic hydroxyl groups excluding tert-OH is 1. The van der Waals surface area contributed by atoms with Gasteiger partial charge < -0.3 is 9.84 Å². The third-order valence-electron chi connectivity index (χ3n) is 2.86. The van der Waals surface area contributed by atoms with Gasteiger partial charge in [0.15, 0.2) is 0 Å². The lowest BCUT2D eigenvalue weighted by atomic mass is 9.84. The van der Waals surface area contributed by atoms with Crippen molar-refractivity contribution >= 4 is 0 Å². The Hall–Kier alpha value is -1.07. The fourth-order valence-electron chi connectivity index (χ4n) is 1.90. The standard InChI is InChI=1S/C11H11F3O2/c12-11(13,14)9-4-2-1-3-8(9)10(7-15)5-6-16-10/h1-4,15H,5-7H2. The summed E-state index contributed by atoms with van der Waals surface area (Å²) in [6.45, 7) is -0.0488. The second-order valence-electron chi connectivity index (χ2n) is 3.79. The van der Waals surface area contributed by atoms with Crippen molar-refractivity contribution in [3.63, 3.8) is 0 Å². The summed E-state index contributed by atoms with van der Waals surface area (Å²) in [5.74, 6) is 0. The molecule has 2 rings (SSSR count). The van der Waals surface area contributed by atoms with Crippen molar-refractivity contribution in [1.82, 2.24) is 0 Å². The molecule has 1 aromatic rings. The van der Waals surface area contributed by atoms with Crippen molar-refractivity contribution in [2.75, 3.05) is 13.2 Å². The van der Waals surface area contributed by atoms with Gasteiger partial charge in [0.1, 0.15) is 5.60 Å². The van der Waals surface area contributed by atoms with Gasteiger partial charge in [-0.15, -0.1) is 0 Å². The molecule has 1 unspecified atom stereocenters. The van der Waals surface area contributed by atoms with Crippen molar-refractivity contribution < 1.29 is 23.0 Å². The molecule has 1 atom stereocenters. The minimum atomic E-state index is -4.42. The predicted octanol–water partition coefficient (Wildman–Crippen LogP) is 2.31. The van der Waals surface area contributed by atoms with E-state index in [9.17, 15) is 18.3 Å². The van der Waals surface area contributed by atoms with Gasteiger partial charge >= 0.3 is 6.18 Å². The molecule has 0 saturated carbocycles. The average molecular weight is 232 g/mol. The van der Waals surface area contributed by atoms with Crippen LogP contribution in [0.15, 0.2) is 24.3 Å². The molecule has 1 saturated heterocycles. The Balaban J connectivity index is 2.48. The first-order chi connectivity index (χ1) is 7.49. The molecular weight excluding hydrogens is 221 g/mol. The molecule has 0 spiro atoms. The predicted molar refractivity (Wildman–Crippen MR) is 50.8 cm³/mol. The summed E-state index contributed by atoms with van der Waals surface area (Å²) in [5.41, 5.74) is -1.87. The molecule has 16 heavy (non-hydrogen) atoms. The molecule has 88 valence electrons. The van der Waals surface area contributed by atoms with Gasteiger partial charge in [0, 0.05) is 6.42 Å². The molecule has 1 aromatic carbocycles. The maximum absolute atomic E-state index is 12.7. The maximum atomic E-state index is 12.7. The molecule has 5 heteroatoms. The van der Waals surface area contributed by atoms with E-state index in [1.165, 1.54) is 18.2 Å². The molecule has 1 aliphatic rings. The zero-order chi connectivity index (χ0) is 11.8. The van der Waals surface area contributed by atoms with E-state index >= 15 is 0 Å². The number of rotatable bonds is 2. The first kappa shape index (κ1) is 11.4. The minimum Gasteiger partial charge on any atom is -0.393 e. The lowest BCUT2D eigenvalue weighted by Gasteiger charge is -2.42. The van der Waals surface area contributed by atoms with Crippen molar-refractivity contribution in [2.45, 2.75) is 18.2 Å². The van der Waals surface area contributed by atoms with Crippen LogP contribution < -0.4 is 0 Å². The van der Waals surface area contributed by atoms with Crippen molar-refractivity contribution in [3.05, 3.63) is 35.4 Å². The van der Waals surface area contributed by atoms with Gasteiger partial charge in [0.2, 0.25) is 0 Å². The topological polar surface area (TPSA) is 29.5 Å².